The molecule has 7 nitrogen and oxygen atoms in total. The molecule has 2 aromatic carbocycles. The number of aromatic nitrogens is 3. The summed E-state index contributed by atoms with van der Waals surface area (Å²) in [5.41, 5.74) is 3.68. The number of ether oxygens (including phenoxy) is 1. The van der Waals surface area contributed by atoms with Gasteiger partial charge in [-0.1, -0.05) is 24.3 Å². The Kier molecular flexibility index (Phi) is 5.83. The van der Waals surface area contributed by atoms with Gasteiger partial charge in [-0.05, 0) is 41.8 Å². The lowest BCUT2D eigenvalue weighted by molar-refractivity contribution is -0.119. The summed E-state index contributed by atoms with van der Waals surface area (Å²) in [5, 5.41) is 2.97. The molecule has 1 atom stereocenters. The van der Waals surface area contributed by atoms with Crippen molar-refractivity contribution in [3.8, 4) is 16.9 Å². The quantitative estimate of drug-likeness (QED) is 0.435. The molecule has 3 heterocycles. The van der Waals surface area contributed by atoms with E-state index < -0.39 is 6.61 Å². The minimum atomic E-state index is -2.93. The van der Waals surface area contributed by atoms with Crippen LogP contribution in [0.4, 0.5) is 8.78 Å². The number of rotatable bonds is 7. The molecule has 0 aliphatic carbocycles. The van der Waals surface area contributed by atoms with E-state index in [2.05, 4.69) is 10.3 Å². The molecule has 1 aliphatic rings. The van der Waals surface area contributed by atoms with Crippen molar-refractivity contribution in [1.82, 2.24) is 19.9 Å². The van der Waals surface area contributed by atoms with Crippen molar-refractivity contribution in [3.63, 3.8) is 0 Å². The van der Waals surface area contributed by atoms with Crippen molar-refractivity contribution >= 4 is 16.9 Å². The maximum Gasteiger partial charge on any atom is 0.387 e. The number of nitrogens with zero attached hydrogens (tertiary/aromatic N) is 2. The summed E-state index contributed by atoms with van der Waals surface area (Å²) in [6, 6.07) is 15.6. The summed E-state index contributed by atoms with van der Waals surface area (Å²) in [6.45, 7) is -2.66. The van der Waals surface area contributed by atoms with E-state index in [1.165, 1.54) is 12.1 Å². The highest BCUT2D eigenvalue weighted by Crippen LogP contribution is 2.28. The Balaban J connectivity index is 1.59. The van der Waals surface area contributed by atoms with Gasteiger partial charge < -0.3 is 19.6 Å². The van der Waals surface area contributed by atoms with Crippen LogP contribution in [0, 0.1) is 0 Å². The Morgan fingerprint density at radius 2 is 1.91 bits per heavy atom. The molecule has 0 saturated carbocycles. The lowest BCUT2D eigenvalue weighted by atomic mass is 10.1. The Hall–Kier alpha value is -4.01. The van der Waals surface area contributed by atoms with E-state index in [1.54, 1.807) is 30.5 Å². The Morgan fingerprint density at radius 1 is 1.09 bits per heavy atom. The van der Waals surface area contributed by atoms with Gasteiger partial charge in [-0.3, -0.25) is 9.59 Å². The summed E-state index contributed by atoms with van der Waals surface area (Å²) in [5.74, 6) is 0.868. The highest BCUT2D eigenvalue weighted by Gasteiger charge is 2.24. The van der Waals surface area contributed by atoms with Crippen LogP contribution in [0.2, 0.25) is 0 Å². The first-order chi connectivity index (χ1) is 16.5. The normalized spacial score (nSPS) is 15.7. The SMILES string of the molecule is O=C1CC[C@@H](Cc2nc3ccc(-c4ccc(=O)[nH]c4)cc3n2Cc2ccccc2OC(F)F)N1. The zero-order valence-electron chi connectivity index (χ0n) is 18.1. The monoisotopic (exact) mass is 464 g/mol. The third-order valence-electron chi connectivity index (χ3n) is 5.98. The molecule has 1 aliphatic heterocycles. The molecular formula is C25H22F2N4O3. The molecule has 174 valence electrons. The van der Waals surface area contributed by atoms with Crippen LogP contribution < -0.4 is 15.6 Å². The van der Waals surface area contributed by atoms with Gasteiger partial charge >= 0.3 is 6.61 Å². The fraction of sp³-hybridized carbons (Fsp3) is 0.240. The van der Waals surface area contributed by atoms with Gasteiger partial charge in [-0.15, -0.1) is 0 Å². The molecule has 0 unspecified atom stereocenters. The lowest BCUT2D eigenvalue weighted by Gasteiger charge is -2.15. The Bertz CT molecular complexity index is 1390. The summed E-state index contributed by atoms with van der Waals surface area (Å²) >= 11 is 0. The maximum absolute atomic E-state index is 13.0. The first-order valence-corrected chi connectivity index (χ1v) is 11.0. The molecule has 5 rings (SSSR count). The van der Waals surface area contributed by atoms with E-state index in [-0.39, 0.29) is 29.8 Å². The van der Waals surface area contributed by atoms with Crippen molar-refractivity contribution in [2.24, 2.45) is 0 Å². The summed E-state index contributed by atoms with van der Waals surface area (Å²) in [4.78, 5) is 30.7. The number of H-pyrrole nitrogens is 1. The third-order valence-corrected chi connectivity index (χ3v) is 5.98. The predicted octanol–water partition coefficient (Wildman–Crippen LogP) is 3.86. The van der Waals surface area contributed by atoms with Crippen molar-refractivity contribution < 1.29 is 18.3 Å². The average molecular weight is 464 g/mol. The molecular weight excluding hydrogens is 442 g/mol. The van der Waals surface area contributed by atoms with E-state index in [0.29, 0.717) is 18.4 Å². The minimum absolute atomic E-state index is 0.0173. The maximum atomic E-state index is 13.0. The zero-order valence-corrected chi connectivity index (χ0v) is 18.1. The largest absolute Gasteiger partial charge is 0.434 e. The van der Waals surface area contributed by atoms with Gasteiger partial charge in [0.25, 0.3) is 0 Å². The molecule has 1 saturated heterocycles. The number of pyridine rings is 1. The Morgan fingerprint density at radius 3 is 2.65 bits per heavy atom. The van der Waals surface area contributed by atoms with Crippen LogP contribution in [0.15, 0.2) is 65.6 Å². The lowest BCUT2D eigenvalue weighted by Crippen LogP contribution is -2.28. The topological polar surface area (TPSA) is 89.0 Å². The van der Waals surface area contributed by atoms with E-state index in [0.717, 1.165) is 34.4 Å². The third kappa shape index (κ3) is 4.54. The molecule has 34 heavy (non-hydrogen) atoms. The molecule has 1 fully saturated rings. The number of aromatic amines is 1. The summed E-state index contributed by atoms with van der Waals surface area (Å²) in [6.07, 6.45) is 3.36. The molecule has 0 radical (unpaired) electrons. The van der Waals surface area contributed by atoms with Gasteiger partial charge in [-0.25, -0.2) is 4.98 Å². The van der Waals surface area contributed by atoms with Crippen LogP contribution >= 0.6 is 0 Å². The van der Waals surface area contributed by atoms with Crippen molar-refractivity contribution in [3.05, 3.63) is 82.5 Å². The number of hydrogen-bond donors (Lipinski definition) is 2. The van der Waals surface area contributed by atoms with Gasteiger partial charge in [-0.2, -0.15) is 8.78 Å². The van der Waals surface area contributed by atoms with Gasteiger partial charge in [0.2, 0.25) is 11.5 Å². The molecule has 4 aromatic rings. The van der Waals surface area contributed by atoms with Gasteiger partial charge in [0.05, 0.1) is 17.6 Å². The fourth-order valence-electron chi connectivity index (χ4n) is 4.34. The standard InChI is InChI=1S/C25H22F2N4O3/c26-25(27)34-21-4-2-1-3-17(21)14-31-20-11-15(16-6-9-23(32)28-13-16)5-8-19(20)30-22(31)12-18-7-10-24(33)29-18/h1-6,8-9,11,13,18,25H,7,10,12,14H2,(H,28,32)(H,29,33)/t18-/m0/s1. The molecule has 2 aromatic heterocycles. The molecule has 0 bridgehead atoms. The highest BCUT2D eigenvalue weighted by molar-refractivity contribution is 5.83. The van der Waals surface area contributed by atoms with Crippen LogP contribution in [-0.2, 0) is 17.8 Å². The number of para-hydroxylation sites is 1. The van der Waals surface area contributed by atoms with Crippen molar-refractivity contribution in [2.75, 3.05) is 0 Å². The van der Waals surface area contributed by atoms with Gasteiger partial charge in [0.15, 0.2) is 0 Å². The number of hydrogen-bond acceptors (Lipinski definition) is 4. The minimum Gasteiger partial charge on any atom is -0.434 e. The average Bonchev–Trinajstić information content (AvgIpc) is 3.38. The molecule has 1 amide bonds. The van der Waals surface area contributed by atoms with E-state index >= 15 is 0 Å². The van der Waals surface area contributed by atoms with Crippen LogP contribution in [0.1, 0.15) is 24.2 Å². The van der Waals surface area contributed by atoms with E-state index in [4.69, 9.17) is 9.72 Å². The second kappa shape index (κ2) is 9.09. The van der Waals surface area contributed by atoms with E-state index in [9.17, 15) is 18.4 Å². The van der Waals surface area contributed by atoms with Crippen LogP contribution in [-0.4, -0.2) is 33.1 Å². The first-order valence-electron chi connectivity index (χ1n) is 11.0. The van der Waals surface area contributed by atoms with Gasteiger partial charge in [0.1, 0.15) is 11.6 Å². The van der Waals surface area contributed by atoms with E-state index in [1.807, 2.05) is 22.8 Å². The van der Waals surface area contributed by atoms with Crippen molar-refractivity contribution in [2.45, 2.75) is 38.5 Å². The fourth-order valence-corrected chi connectivity index (χ4v) is 4.34. The predicted molar refractivity (Wildman–Crippen MR) is 123 cm³/mol. The summed E-state index contributed by atoms with van der Waals surface area (Å²) in [7, 11) is 0. The second-order valence-corrected chi connectivity index (χ2v) is 8.25. The van der Waals surface area contributed by atoms with Crippen LogP contribution in [0.3, 0.4) is 0 Å². The second-order valence-electron chi connectivity index (χ2n) is 8.25. The highest BCUT2D eigenvalue weighted by atomic mass is 19.3. The van der Waals surface area contributed by atoms with Crippen molar-refractivity contribution in [1.29, 1.82) is 0 Å². The van der Waals surface area contributed by atoms with Gasteiger partial charge in [0, 0.05) is 36.7 Å². The number of fused-ring (bicyclic) bond motifs is 1. The molecule has 9 heteroatoms. The number of halogens is 2. The Labute approximate surface area is 193 Å². The number of carbonyl (C=O) groups excluding carboxylic acids is 1. The smallest absolute Gasteiger partial charge is 0.387 e. The summed E-state index contributed by atoms with van der Waals surface area (Å²) < 4.78 is 32.7. The van der Waals surface area contributed by atoms with Crippen LogP contribution in [0.25, 0.3) is 22.2 Å². The number of alkyl halides is 2. The molecule has 2 N–H and O–H groups in total. The zero-order chi connectivity index (χ0) is 23.7. The number of benzene rings is 2. The molecule has 0 spiro atoms. The number of nitrogens with one attached hydrogen (secondary N) is 2. The first kappa shape index (κ1) is 21.8. The number of carbonyl (C=O) groups is 1. The number of imidazole rings is 1. The number of amides is 1. The van der Waals surface area contributed by atoms with Crippen LogP contribution in [0.5, 0.6) is 5.75 Å².